The normalized spacial score (nSPS) is 11.1. The van der Waals surface area contributed by atoms with Gasteiger partial charge in [-0.05, 0) is 29.9 Å². The molecular formula is C17H12F5IrN6. The molecule has 1 heterocycles. The molecule has 3 N–H and O–H groups in total. The summed E-state index contributed by atoms with van der Waals surface area (Å²) in [4.78, 5) is 6.43. The van der Waals surface area contributed by atoms with Crippen LogP contribution in [0.15, 0.2) is 53.8 Å². The maximum atomic E-state index is 12.8. The molecule has 2 rings (SSSR count). The number of hydrogen-bond acceptors (Lipinski definition) is 3. The molecule has 6 nitrogen and oxygen atoms in total. The Labute approximate surface area is 176 Å². The number of pyridine rings is 1. The van der Waals surface area contributed by atoms with Crippen molar-refractivity contribution in [2.24, 2.45) is 4.99 Å². The molecule has 0 aliphatic heterocycles. The Balaban J connectivity index is 0.000000527. The Kier molecular flexibility index (Phi) is 11.2. The molecular weight excluding hydrogens is 575 g/mol. The Morgan fingerprint density at radius 1 is 1.31 bits per heavy atom. The number of hydrogen-bond donors (Lipinski definition) is 2. The average Bonchev–Trinajstić information content (AvgIpc) is 2.64. The summed E-state index contributed by atoms with van der Waals surface area (Å²) < 4.78 is 60.9. The van der Waals surface area contributed by atoms with Crippen LogP contribution in [0, 0.1) is 23.1 Å². The third kappa shape index (κ3) is 9.67. The van der Waals surface area contributed by atoms with Gasteiger partial charge in [0.1, 0.15) is 5.84 Å². The van der Waals surface area contributed by atoms with E-state index in [1.807, 2.05) is 0 Å². The molecule has 0 spiro atoms. The number of halogens is 5. The summed E-state index contributed by atoms with van der Waals surface area (Å²) in [6.45, 7) is 0. The van der Waals surface area contributed by atoms with E-state index in [9.17, 15) is 22.0 Å². The van der Waals surface area contributed by atoms with Gasteiger partial charge in [-0.25, -0.2) is 0 Å². The van der Waals surface area contributed by atoms with E-state index in [2.05, 4.69) is 21.4 Å². The topological polar surface area (TPSA) is 107 Å². The third-order valence-corrected chi connectivity index (χ3v) is 2.67. The van der Waals surface area contributed by atoms with Crippen LogP contribution in [0.2, 0.25) is 0 Å². The van der Waals surface area contributed by atoms with Gasteiger partial charge in [0.2, 0.25) is 0 Å². The summed E-state index contributed by atoms with van der Waals surface area (Å²) in [6, 6.07) is 8.54. The zero-order valence-corrected chi connectivity index (χ0v) is 16.7. The van der Waals surface area contributed by atoms with Gasteiger partial charge in [0.15, 0.2) is 0 Å². The van der Waals surface area contributed by atoms with Crippen molar-refractivity contribution in [3.05, 3.63) is 83.3 Å². The van der Waals surface area contributed by atoms with E-state index in [4.69, 9.17) is 16.6 Å². The van der Waals surface area contributed by atoms with Gasteiger partial charge >= 0.3 is 26.3 Å². The van der Waals surface area contributed by atoms with Crippen LogP contribution in [0.5, 0.6) is 0 Å². The van der Waals surface area contributed by atoms with Crippen molar-refractivity contribution in [2.45, 2.75) is 6.18 Å². The van der Waals surface area contributed by atoms with Gasteiger partial charge in [0.25, 0.3) is 0 Å². The zero-order chi connectivity index (χ0) is 21.2. The molecule has 0 saturated heterocycles. The van der Waals surface area contributed by atoms with E-state index in [1.165, 1.54) is 30.6 Å². The van der Waals surface area contributed by atoms with Crippen molar-refractivity contribution in [1.82, 2.24) is 4.98 Å². The fourth-order valence-electron chi connectivity index (χ4n) is 1.47. The predicted molar refractivity (Wildman–Crippen MR) is 96.3 cm³/mol. The summed E-state index contributed by atoms with van der Waals surface area (Å²) in [6.07, 6.45) is -0.157. The van der Waals surface area contributed by atoms with Crippen LogP contribution >= 0.6 is 0 Å². The first-order valence-corrected chi connectivity index (χ1v) is 7.28. The molecule has 0 radical (unpaired) electrons. The number of nitrogens with one attached hydrogen (secondary N) is 3. The number of nitrogens with zero attached hydrogens (tertiary/aromatic N) is 3. The number of alkyl halides is 3. The summed E-state index contributed by atoms with van der Waals surface area (Å²) in [5.41, 5.74) is 7.19. The first-order chi connectivity index (χ1) is 13.1. The fourth-order valence-corrected chi connectivity index (χ4v) is 1.47. The fraction of sp³-hybridized carbons (Fsp3) is 0.0588. The van der Waals surface area contributed by atoms with Gasteiger partial charge < -0.3 is 26.9 Å². The molecule has 12 heteroatoms. The second-order valence-electron chi connectivity index (χ2n) is 4.72. The minimum Gasteiger partial charge on any atom is -0.811 e. The quantitative estimate of drug-likeness (QED) is 0.233. The number of rotatable bonds is 4. The van der Waals surface area contributed by atoms with Crippen molar-refractivity contribution < 1.29 is 42.1 Å². The minimum atomic E-state index is -4.83. The molecule has 0 aliphatic rings. The van der Waals surface area contributed by atoms with E-state index < -0.39 is 29.5 Å². The smallest absolute Gasteiger partial charge is 0.811 e. The molecule has 0 unspecified atom stereocenters. The van der Waals surface area contributed by atoms with Crippen molar-refractivity contribution in [2.75, 3.05) is 5.32 Å². The van der Waals surface area contributed by atoms with Crippen LogP contribution in [0.3, 0.4) is 0 Å². The molecule has 0 aliphatic carbocycles. The van der Waals surface area contributed by atoms with Gasteiger partial charge in [0, 0.05) is 17.8 Å². The van der Waals surface area contributed by atoms with Gasteiger partial charge in [-0.3, -0.25) is 13.8 Å². The van der Waals surface area contributed by atoms with Crippen LogP contribution in [0.1, 0.15) is 5.69 Å². The third-order valence-electron chi connectivity index (χ3n) is 2.67. The second-order valence-corrected chi connectivity index (χ2v) is 4.72. The van der Waals surface area contributed by atoms with Crippen molar-refractivity contribution >= 4 is 23.6 Å². The molecule has 1 aromatic heterocycles. The van der Waals surface area contributed by atoms with E-state index in [0.717, 1.165) is 18.3 Å². The number of aliphatic imine (C=N–C) groups is 1. The van der Waals surface area contributed by atoms with E-state index in [-0.39, 0.29) is 31.5 Å². The van der Waals surface area contributed by atoms with Crippen molar-refractivity contribution in [3.63, 3.8) is 0 Å². The Hall–Kier alpha value is -2.98. The molecule has 154 valence electrons. The molecule has 0 saturated carbocycles. The molecule has 0 amide bonds. The molecule has 1 aromatic carbocycles. The summed E-state index contributed by atoms with van der Waals surface area (Å²) >= 11 is 0. The van der Waals surface area contributed by atoms with Gasteiger partial charge in [-0.2, -0.15) is 25.5 Å². The van der Waals surface area contributed by atoms with E-state index in [1.54, 1.807) is 6.07 Å². The van der Waals surface area contributed by atoms with Crippen molar-refractivity contribution in [3.8, 4) is 0 Å². The first-order valence-electron chi connectivity index (χ1n) is 7.28. The van der Waals surface area contributed by atoms with Crippen LogP contribution in [0.25, 0.3) is 11.1 Å². The Morgan fingerprint density at radius 3 is 2.52 bits per heavy atom. The zero-order valence-electron chi connectivity index (χ0n) is 14.3. The van der Waals surface area contributed by atoms with Crippen molar-refractivity contribution in [1.29, 1.82) is 5.41 Å². The maximum Gasteiger partial charge on any atom is 3.00 e. The largest absolute Gasteiger partial charge is 3.00 e. The predicted octanol–water partition coefficient (Wildman–Crippen LogP) is 4.75. The van der Waals surface area contributed by atoms with Crippen LogP contribution in [-0.2, 0) is 20.1 Å². The number of anilines is 1. The minimum absolute atomic E-state index is 0. The number of amidine groups is 2. The molecule has 2 aromatic rings. The number of aromatic nitrogens is 1. The standard InChI is InChI=1S/C9H6F2N2.C8H6F3N4.Ir/c10-7-2-3-9(8(11)6-7)13-5-1-4-12;9-8(10,11)7(13)15-6(12)5-3-1-2-4-14-5;/h1-2,4-6,13H;1-4H,(H2-,12,13,15);/q-2;-1;+3/b5-1-;;. The van der Waals surface area contributed by atoms with Gasteiger partial charge in [-0.1, -0.05) is 12.1 Å². The van der Waals surface area contributed by atoms with Crippen LogP contribution < -0.4 is 5.32 Å². The second kappa shape index (κ2) is 12.5. The number of allylic oxidation sites excluding steroid dienone is 1. The molecule has 29 heavy (non-hydrogen) atoms. The summed E-state index contributed by atoms with van der Waals surface area (Å²) in [5, 5.41) is 17.3. The van der Waals surface area contributed by atoms with Crippen LogP contribution in [-0.4, -0.2) is 29.0 Å². The van der Waals surface area contributed by atoms with E-state index in [0.29, 0.717) is 0 Å². The van der Waals surface area contributed by atoms with Crippen LogP contribution in [0.4, 0.5) is 27.6 Å². The van der Waals surface area contributed by atoms with E-state index >= 15 is 0 Å². The monoisotopic (exact) mass is 588 g/mol. The average molecular weight is 588 g/mol. The summed E-state index contributed by atoms with van der Waals surface area (Å²) in [5.74, 6) is -3.90. The molecule has 0 bridgehead atoms. The first kappa shape index (κ1) is 26.0. The number of benzene rings is 1. The van der Waals surface area contributed by atoms with Gasteiger partial charge in [0.05, 0.1) is 5.69 Å². The molecule has 0 atom stereocenters. The Bertz CT molecular complexity index is 868. The molecule has 0 fully saturated rings. The Morgan fingerprint density at radius 2 is 2.00 bits per heavy atom. The SMILES string of the molecule is N=C(N=C([NH-])c1ccccn1)C(F)(F)F.[Ir+3].[N-]=C/C=C\Nc1[c-]cc(F)cc1F. The maximum absolute atomic E-state index is 12.8. The summed E-state index contributed by atoms with van der Waals surface area (Å²) in [7, 11) is 0. The van der Waals surface area contributed by atoms with Gasteiger partial charge in [-0.15, -0.1) is 12.1 Å².